The van der Waals surface area contributed by atoms with E-state index in [2.05, 4.69) is 21.4 Å². The second-order valence-corrected chi connectivity index (χ2v) is 8.93. The van der Waals surface area contributed by atoms with Crippen molar-refractivity contribution in [1.82, 2.24) is 19.6 Å². The third-order valence-corrected chi connectivity index (χ3v) is 6.60. The fraction of sp³-hybridized carbons (Fsp3) is 0.417. The molecule has 158 valence electrons. The molecule has 0 saturated carbocycles. The monoisotopic (exact) mass is 422 g/mol. The fourth-order valence-corrected chi connectivity index (χ4v) is 4.67. The molecule has 0 unspecified atom stereocenters. The molecule has 3 heterocycles. The van der Waals surface area contributed by atoms with Crippen LogP contribution in [0, 0.1) is 0 Å². The second kappa shape index (κ2) is 10.6. The molecule has 0 spiro atoms. The van der Waals surface area contributed by atoms with E-state index in [1.807, 2.05) is 53.1 Å². The molecule has 1 aliphatic rings. The summed E-state index contributed by atoms with van der Waals surface area (Å²) in [5, 5.41) is 3.06. The largest absolute Gasteiger partial charge is 0.352 e. The van der Waals surface area contributed by atoms with E-state index < -0.39 is 0 Å². The SMILES string of the molecule is O=C(NCCCN1CCCCCC1)c1ccc(SCc2cn3ccccc3n2)cc1. The third kappa shape index (κ3) is 5.86. The summed E-state index contributed by atoms with van der Waals surface area (Å²) in [5.41, 5.74) is 2.75. The van der Waals surface area contributed by atoms with E-state index in [1.165, 1.54) is 38.8 Å². The minimum Gasteiger partial charge on any atom is -0.352 e. The molecule has 0 bridgehead atoms. The Morgan fingerprint density at radius 1 is 1.03 bits per heavy atom. The van der Waals surface area contributed by atoms with E-state index in [9.17, 15) is 4.79 Å². The van der Waals surface area contributed by atoms with Gasteiger partial charge < -0.3 is 14.6 Å². The number of carbonyl (C=O) groups excluding carboxylic acids is 1. The van der Waals surface area contributed by atoms with Gasteiger partial charge in [-0.15, -0.1) is 11.8 Å². The zero-order chi connectivity index (χ0) is 20.6. The summed E-state index contributed by atoms with van der Waals surface area (Å²) in [7, 11) is 0. The molecule has 2 aromatic heterocycles. The molecule has 1 N–H and O–H groups in total. The van der Waals surface area contributed by atoms with Crippen molar-refractivity contribution in [2.45, 2.75) is 42.8 Å². The number of carbonyl (C=O) groups is 1. The van der Waals surface area contributed by atoms with Crippen LogP contribution < -0.4 is 5.32 Å². The molecule has 1 fully saturated rings. The van der Waals surface area contributed by atoms with Gasteiger partial charge >= 0.3 is 0 Å². The first-order valence-electron chi connectivity index (χ1n) is 10.9. The maximum Gasteiger partial charge on any atom is 0.251 e. The molecule has 4 rings (SSSR count). The summed E-state index contributed by atoms with van der Waals surface area (Å²) in [4.78, 5) is 20.7. The molecule has 1 saturated heterocycles. The Hall–Kier alpha value is -2.31. The molecule has 1 aromatic carbocycles. The van der Waals surface area contributed by atoms with Gasteiger partial charge in [-0.3, -0.25) is 4.79 Å². The molecule has 1 amide bonds. The van der Waals surface area contributed by atoms with Crippen molar-refractivity contribution in [3.63, 3.8) is 0 Å². The lowest BCUT2D eigenvalue weighted by atomic mass is 10.2. The number of thioether (sulfide) groups is 1. The number of nitrogens with one attached hydrogen (secondary N) is 1. The van der Waals surface area contributed by atoms with Gasteiger partial charge in [0.05, 0.1) is 5.69 Å². The number of nitrogens with zero attached hydrogens (tertiary/aromatic N) is 3. The molecule has 0 aliphatic carbocycles. The number of hydrogen-bond acceptors (Lipinski definition) is 4. The van der Waals surface area contributed by atoms with Gasteiger partial charge in [0.15, 0.2) is 0 Å². The van der Waals surface area contributed by atoms with Crippen LogP contribution in [0.1, 0.15) is 48.2 Å². The Balaban J connectivity index is 1.20. The van der Waals surface area contributed by atoms with Crippen molar-refractivity contribution >= 4 is 23.3 Å². The highest BCUT2D eigenvalue weighted by atomic mass is 32.2. The minimum absolute atomic E-state index is 0.0165. The molecule has 3 aromatic rings. The Morgan fingerprint density at radius 2 is 1.83 bits per heavy atom. The van der Waals surface area contributed by atoms with Crippen LogP contribution in [0.2, 0.25) is 0 Å². The van der Waals surface area contributed by atoms with Gasteiger partial charge in [-0.1, -0.05) is 18.9 Å². The minimum atomic E-state index is 0.0165. The normalized spacial score (nSPS) is 15.2. The Bertz CT molecular complexity index is 912. The molecule has 5 nitrogen and oxygen atoms in total. The summed E-state index contributed by atoms with van der Waals surface area (Å²) in [6.07, 6.45) is 10.4. The first-order valence-corrected chi connectivity index (χ1v) is 11.9. The van der Waals surface area contributed by atoms with Crippen molar-refractivity contribution < 1.29 is 4.79 Å². The van der Waals surface area contributed by atoms with Crippen molar-refractivity contribution in [2.24, 2.45) is 0 Å². The summed E-state index contributed by atoms with van der Waals surface area (Å²) in [6, 6.07) is 13.9. The van der Waals surface area contributed by atoms with E-state index in [4.69, 9.17) is 0 Å². The maximum absolute atomic E-state index is 12.4. The summed E-state index contributed by atoms with van der Waals surface area (Å²) < 4.78 is 2.04. The average Bonchev–Trinajstić information content (AvgIpc) is 3.02. The summed E-state index contributed by atoms with van der Waals surface area (Å²) in [5.74, 6) is 0.826. The van der Waals surface area contributed by atoms with Crippen LogP contribution in [0.5, 0.6) is 0 Å². The molecule has 1 aliphatic heterocycles. The number of aromatic nitrogens is 2. The van der Waals surface area contributed by atoms with Gasteiger partial charge in [0, 0.05) is 35.2 Å². The number of fused-ring (bicyclic) bond motifs is 1. The Labute approximate surface area is 182 Å². The lowest BCUT2D eigenvalue weighted by molar-refractivity contribution is 0.0951. The van der Waals surface area contributed by atoms with Gasteiger partial charge in [0.1, 0.15) is 5.65 Å². The zero-order valence-corrected chi connectivity index (χ0v) is 18.2. The van der Waals surface area contributed by atoms with Gasteiger partial charge in [0.2, 0.25) is 0 Å². The maximum atomic E-state index is 12.4. The Kier molecular flexibility index (Phi) is 7.43. The van der Waals surface area contributed by atoms with Crippen LogP contribution in [0.15, 0.2) is 59.8 Å². The van der Waals surface area contributed by atoms with Gasteiger partial charge in [-0.2, -0.15) is 0 Å². The van der Waals surface area contributed by atoms with Crippen LogP contribution in [-0.2, 0) is 5.75 Å². The molecule has 0 radical (unpaired) electrons. The predicted octanol–water partition coefficient (Wildman–Crippen LogP) is 4.62. The van der Waals surface area contributed by atoms with E-state index in [0.717, 1.165) is 47.1 Å². The number of rotatable bonds is 8. The number of hydrogen-bond donors (Lipinski definition) is 1. The first kappa shape index (κ1) is 20.9. The van der Waals surface area contributed by atoms with E-state index in [1.54, 1.807) is 11.8 Å². The van der Waals surface area contributed by atoms with E-state index >= 15 is 0 Å². The highest BCUT2D eigenvalue weighted by Gasteiger charge is 2.09. The van der Waals surface area contributed by atoms with Crippen molar-refractivity contribution in [3.05, 3.63) is 66.1 Å². The fourth-order valence-electron chi connectivity index (χ4n) is 3.88. The molecular formula is C24H30N4OS. The molecule has 6 heteroatoms. The Morgan fingerprint density at radius 3 is 2.60 bits per heavy atom. The number of likely N-dealkylation sites (tertiary alicyclic amines) is 1. The van der Waals surface area contributed by atoms with E-state index in [-0.39, 0.29) is 5.91 Å². The summed E-state index contributed by atoms with van der Waals surface area (Å²) in [6.45, 7) is 4.24. The zero-order valence-electron chi connectivity index (χ0n) is 17.4. The third-order valence-electron chi connectivity index (χ3n) is 5.55. The van der Waals surface area contributed by atoms with Crippen molar-refractivity contribution in [3.8, 4) is 0 Å². The molecule has 0 atom stereocenters. The second-order valence-electron chi connectivity index (χ2n) is 7.88. The number of pyridine rings is 1. The first-order chi connectivity index (χ1) is 14.8. The molecular weight excluding hydrogens is 392 g/mol. The number of amides is 1. The van der Waals surface area contributed by atoms with Gasteiger partial charge in [-0.25, -0.2) is 4.98 Å². The average molecular weight is 423 g/mol. The number of benzene rings is 1. The van der Waals surface area contributed by atoms with Gasteiger partial charge in [-0.05, 0) is 75.3 Å². The topological polar surface area (TPSA) is 49.6 Å². The highest BCUT2D eigenvalue weighted by molar-refractivity contribution is 7.98. The van der Waals surface area contributed by atoms with Crippen LogP contribution in [0.4, 0.5) is 0 Å². The number of imidazole rings is 1. The van der Waals surface area contributed by atoms with Crippen molar-refractivity contribution in [2.75, 3.05) is 26.2 Å². The quantitative estimate of drug-likeness (QED) is 0.425. The summed E-state index contributed by atoms with van der Waals surface area (Å²) >= 11 is 1.74. The molecule has 30 heavy (non-hydrogen) atoms. The van der Waals surface area contributed by atoms with Crippen LogP contribution >= 0.6 is 11.8 Å². The van der Waals surface area contributed by atoms with Crippen LogP contribution in [-0.4, -0.2) is 46.4 Å². The van der Waals surface area contributed by atoms with E-state index in [0.29, 0.717) is 0 Å². The van der Waals surface area contributed by atoms with Gasteiger partial charge in [0.25, 0.3) is 5.91 Å². The highest BCUT2D eigenvalue weighted by Crippen LogP contribution is 2.23. The van der Waals surface area contributed by atoms with Crippen LogP contribution in [0.3, 0.4) is 0 Å². The standard InChI is InChI=1S/C24H30N4OS/c29-24(25-13-7-16-27-14-4-1-2-5-15-27)20-9-11-22(12-10-20)30-19-21-18-28-17-6-3-8-23(28)26-21/h3,6,8-12,17-18H,1-2,4-5,7,13-16,19H2,(H,25,29). The lowest BCUT2D eigenvalue weighted by Crippen LogP contribution is -2.30. The van der Waals surface area contributed by atoms with Crippen molar-refractivity contribution in [1.29, 1.82) is 0 Å². The smallest absolute Gasteiger partial charge is 0.251 e. The lowest BCUT2D eigenvalue weighted by Gasteiger charge is -2.19. The predicted molar refractivity (Wildman–Crippen MR) is 123 cm³/mol. The van der Waals surface area contributed by atoms with Crippen LogP contribution in [0.25, 0.3) is 5.65 Å².